The zero-order chi connectivity index (χ0) is 12.5. The van der Waals surface area contributed by atoms with Gasteiger partial charge in [-0.25, -0.2) is 0 Å². The average molecular weight is 316 g/mol. The van der Waals surface area contributed by atoms with Crippen LogP contribution in [0.2, 0.25) is 5.02 Å². The van der Waals surface area contributed by atoms with Gasteiger partial charge in [0.05, 0.1) is 15.4 Å². The molecule has 1 aromatic rings. The normalized spacial score (nSPS) is 13.6. The molecule has 6 heteroatoms. The quantitative estimate of drug-likeness (QED) is 0.586. The summed E-state index contributed by atoms with van der Waals surface area (Å²) in [4.78, 5) is 11.0. The van der Waals surface area contributed by atoms with E-state index in [1.54, 1.807) is 6.92 Å². The summed E-state index contributed by atoms with van der Waals surface area (Å²) in [5, 5.41) is -0.189. The van der Waals surface area contributed by atoms with Crippen molar-refractivity contribution in [2.75, 3.05) is 0 Å². The third-order valence-electron chi connectivity index (χ3n) is 1.92. The second kappa shape index (κ2) is 4.75. The van der Waals surface area contributed by atoms with E-state index >= 15 is 0 Å². The van der Waals surface area contributed by atoms with Gasteiger partial charge < -0.3 is 0 Å². The van der Waals surface area contributed by atoms with Crippen LogP contribution in [0.15, 0.2) is 18.2 Å². The molecule has 0 amide bonds. The standard InChI is InChI=1S/C10H7BrClF3O/c1-5(11)9(16)7-3-2-6(4-8(7)12)10(13,14)15/h2-5H,1H3. The minimum Gasteiger partial charge on any atom is -0.293 e. The Labute approximate surface area is 104 Å². The second-order valence-corrected chi connectivity index (χ2v) is 4.95. The number of ketones is 1. The molecule has 1 atom stereocenters. The SMILES string of the molecule is CC(Br)C(=O)c1ccc(C(F)(F)F)cc1Cl. The first-order valence-corrected chi connectivity index (χ1v) is 5.58. The van der Waals surface area contributed by atoms with Gasteiger partial charge in [0.15, 0.2) is 5.78 Å². The maximum Gasteiger partial charge on any atom is 0.416 e. The molecule has 1 aromatic carbocycles. The molecule has 0 radical (unpaired) electrons. The lowest BCUT2D eigenvalue weighted by molar-refractivity contribution is -0.137. The molecule has 0 bridgehead atoms. The number of hydrogen-bond donors (Lipinski definition) is 0. The Balaban J connectivity index is 3.15. The number of alkyl halides is 4. The Kier molecular flexibility index (Phi) is 4.02. The summed E-state index contributed by atoms with van der Waals surface area (Å²) < 4.78 is 36.9. The minimum atomic E-state index is -4.45. The van der Waals surface area contributed by atoms with Crippen LogP contribution < -0.4 is 0 Å². The number of halogens is 5. The van der Waals surface area contributed by atoms with E-state index in [-0.39, 0.29) is 16.4 Å². The number of carbonyl (C=O) groups is 1. The van der Waals surface area contributed by atoms with Crippen molar-refractivity contribution < 1.29 is 18.0 Å². The highest BCUT2D eigenvalue weighted by Crippen LogP contribution is 2.32. The largest absolute Gasteiger partial charge is 0.416 e. The van der Waals surface area contributed by atoms with Gasteiger partial charge in [0, 0.05) is 5.56 Å². The Morgan fingerprint density at radius 3 is 2.38 bits per heavy atom. The fourth-order valence-electron chi connectivity index (χ4n) is 1.11. The average Bonchev–Trinajstić information content (AvgIpc) is 2.15. The summed E-state index contributed by atoms with van der Waals surface area (Å²) in [6, 6.07) is 2.68. The number of hydrogen-bond acceptors (Lipinski definition) is 1. The van der Waals surface area contributed by atoms with Gasteiger partial charge in [0.2, 0.25) is 0 Å². The van der Waals surface area contributed by atoms with Crippen LogP contribution >= 0.6 is 27.5 Å². The van der Waals surface area contributed by atoms with Crippen molar-refractivity contribution >= 4 is 33.3 Å². The Hall–Kier alpha value is -0.550. The summed E-state index contributed by atoms with van der Waals surface area (Å²) in [6.07, 6.45) is -4.45. The van der Waals surface area contributed by atoms with E-state index in [0.29, 0.717) is 0 Å². The molecule has 1 nitrogen and oxygen atoms in total. The van der Waals surface area contributed by atoms with Crippen molar-refractivity contribution in [2.45, 2.75) is 17.9 Å². The molecule has 0 aromatic heterocycles. The maximum absolute atomic E-state index is 12.3. The molecule has 0 saturated carbocycles. The van der Waals surface area contributed by atoms with Gasteiger partial charge in [-0.15, -0.1) is 0 Å². The molecule has 1 rings (SSSR count). The molecular formula is C10H7BrClF3O. The predicted molar refractivity (Wildman–Crippen MR) is 59.2 cm³/mol. The van der Waals surface area contributed by atoms with E-state index in [1.807, 2.05) is 0 Å². The molecule has 16 heavy (non-hydrogen) atoms. The Bertz CT molecular complexity index is 415. The maximum atomic E-state index is 12.3. The minimum absolute atomic E-state index is 0.0824. The van der Waals surface area contributed by atoms with Crippen LogP contribution in [0.25, 0.3) is 0 Å². The molecular weight excluding hydrogens is 308 g/mol. The number of carbonyl (C=O) groups excluding carboxylic acids is 1. The predicted octanol–water partition coefficient (Wildman–Crippen LogP) is 4.32. The van der Waals surface area contributed by atoms with Crippen molar-refractivity contribution in [3.63, 3.8) is 0 Å². The molecule has 88 valence electrons. The lowest BCUT2D eigenvalue weighted by Gasteiger charge is -2.10. The molecule has 1 unspecified atom stereocenters. The van der Waals surface area contributed by atoms with E-state index < -0.39 is 16.6 Å². The zero-order valence-electron chi connectivity index (χ0n) is 8.11. The number of benzene rings is 1. The summed E-state index contributed by atoms with van der Waals surface area (Å²) >= 11 is 8.67. The monoisotopic (exact) mass is 314 g/mol. The molecule has 0 N–H and O–H groups in total. The summed E-state index contributed by atoms with van der Waals surface area (Å²) in [7, 11) is 0. The highest BCUT2D eigenvalue weighted by molar-refractivity contribution is 9.10. The highest BCUT2D eigenvalue weighted by atomic mass is 79.9. The number of rotatable bonds is 2. The molecule has 0 saturated heterocycles. The summed E-state index contributed by atoms with van der Waals surface area (Å²) in [5.74, 6) is -0.348. The zero-order valence-corrected chi connectivity index (χ0v) is 10.4. The molecule has 0 aliphatic heterocycles. The fourth-order valence-corrected chi connectivity index (χ4v) is 1.63. The van der Waals surface area contributed by atoms with Crippen molar-refractivity contribution in [3.05, 3.63) is 34.3 Å². The van der Waals surface area contributed by atoms with Crippen LogP contribution in [0.3, 0.4) is 0 Å². The first-order valence-electron chi connectivity index (χ1n) is 4.28. The van der Waals surface area contributed by atoms with Crippen LogP contribution in [0.4, 0.5) is 13.2 Å². The first-order chi connectivity index (χ1) is 7.23. The van der Waals surface area contributed by atoms with Gasteiger partial charge in [0.25, 0.3) is 0 Å². The van der Waals surface area contributed by atoms with Crippen molar-refractivity contribution in [1.29, 1.82) is 0 Å². The van der Waals surface area contributed by atoms with Crippen molar-refractivity contribution in [1.82, 2.24) is 0 Å². The topological polar surface area (TPSA) is 17.1 Å². The fraction of sp³-hybridized carbons (Fsp3) is 0.300. The van der Waals surface area contributed by atoms with Gasteiger partial charge in [-0.1, -0.05) is 27.5 Å². The summed E-state index contributed by atoms with van der Waals surface area (Å²) in [6.45, 7) is 1.58. The van der Waals surface area contributed by atoms with E-state index in [9.17, 15) is 18.0 Å². The first kappa shape index (κ1) is 13.5. The Morgan fingerprint density at radius 1 is 1.44 bits per heavy atom. The second-order valence-electron chi connectivity index (χ2n) is 3.17. The van der Waals surface area contributed by atoms with Gasteiger partial charge in [-0.3, -0.25) is 4.79 Å². The molecule has 0 aliphatic carbocycles. The van der Waals surface area contributed by atoms with Crippen LogP contribution in [0.1, 0.15) is 22.8 Å². The van der Waals surface area contributed by atoms with Crippen LogP contribution in [-0.2, 0) is 6.18 Å². The number of Topliss-reactive ketones (excluding diaryl/α,β-unsaturated/α-hetero) is 1. The molecule has 0 fully saturated rings. The van der Waals surface area contributed by atoms with E-state index in [2.05, 4.69) is 15.9 Å². The van der Waals surface area contributed by atoms with E-state index in [1.165, 1.54) is 0 Å². The summed E-state index contributed by atoms with van der Waals surface area (Å²) in [5.41, 5.74) is -0.782. The van der Waals surface area contributed by atoms with Crippen LogP contribution in [0.5, 0.6) is 0 Å². The van der Waals surface area contributed by atoms with Gasteiger partial charge in [0.1, 0.15) is 0 Å². The lowest BCUT2D eigenvalue weighted by Crippen LogP contribution is -2.12. The van der Waals surface area contributed by atoms with Crippen LogP contribution in [0, 0.1) is 0 Å². The molecule has 0 aliphatic rings. The highest BCUT2D eigenvalue weighted by Gasteiger charge is 2.31. The van der Waals surface area contributed by atoms with Gasteiger partial charge >= 0.3 is 6.18 Å². The smallest absolute Gasteiger partial charge is 0.293 e. The lowest BCUT2D eigenvalue weighted by atomic mass is 10.1. The van der Waals surface area contributed by atoms with E-state index in [0.717, 1.165) is 18.2 Å². The molecule has 0 heterocycles. The van der Waals surface area contributed by atoms with Gasteiger partial charge in [-0.05, 0) is 25.1 Å². The third-order valence-corrected chi connectivity index (χ3v) is 2.65. The van der Waals surface area contributed by atoms with Crippen molar-refractivity contribution in [2.24, 2.45) is 0 Å². The third kappa shape index (κ3) is 2.98. The molecule has 0 spiro atoms. The van der Waals surface area contributed by atoms with Gasteiger partial charge in [-0.2, -0.15) is 13.2 Å². The van der Waals surface area contributed by atoms with Crippen molar-refractivity contribution in [3.8, 4) is 0 Å². The Morgan fingerprint density at radius 2 is 2.00 bits per heavy atom. The van der Waals surface area contributed by atoms with Crippen LogP contribution in [-0.4, -0.2) is 10.6 Å². The van der Waals surface area contributed by atoms with E-state index in [4.69, 9.17) is 11.6 Å².